The monoisotopic (exact) mass is 122 g/mol. The number of hydrogen-bond donors (Lipinski definition) is 1. The van der Waals surface area contributed by atoms with Crippen LogP contribution >= 0.6 is 24.2 Å². The lowest BCUT2D eigenvalue weighted by atomic mass is 10.4. The fraction of sp³-hybridized carbons (Fsp3) is 0.500. The van der Waals surface area contributed by atoms with Crippen molar-refractivity contribution in [2.45, 2.75) is 13.8 Å². The first-order valence-corrected chi connectivity index (χ1v) is 2.49. The predicted molar refractivity (Wildman–Crippen MR) is 33.2 cm³/mol. The van der Waals surface area contributed by atoms with Crippen LogP contribution in [-0.2, 0) is 0 Å². The van der Waals surface area contributed by atoms with Crippen LogP contribution in [0.25, 0.3) is 0 Å². The molecule has 0 aliphatic rings. The lowest BCUT2D eigenvalue weighted by molar-refractivity contribution is 1.40. The van der Waals surface area contributed by atoms with E-state index in [-0.39, 0.29) is 0 Å². The molecule has 0 bridgehead atoms. The maximum atomic E-state index is 5.36. The molecule has 6 heavy (non-hydrogen) atoms. The zero-order valence-corrected chi connectivity index (χ0v) is 5.48. The van der Waals surface area contributed by atoms with Gasteiger partial charge in [0.1, 0.15) is 0 Å². The normalized spacial score (nSPS) is 8.00. The third kappa shape index (κ3) is 2.61. The van der Waals surface area contributed by atoms with E-state index in [1.165, 1.54) is 0 Å². The molecule has 0 aromatic rings. The molecule has 0 radical (unpaired) electrons. The summed E-state index contributed by atoms with van der Waals surface area (Å²) >= 11 is 9.19. The van der Waals surface area contributed by atoms with E-state index in [0.717, 1.165) is 5.57 Å². The van der Waals surface area contributed by atoms with E-state index in [9.17, 15) is 0 Å². The smallest absolute Gasteiger partial charge is 0.0690 e. The van der Waals surface area contributed by atoms with Crippen LogP contribution in [0.5, 0.6) is 0 Å². The van der Waals surface area contributed by atoms with Gasteiger partial charge < -0.3 is 0 Å². The Morgan fingerprint density at radius 2 is 1.67 bits per heavy atom. The van der Waals surface area contributed by atoms with Crippen molar-refractivity contribution in [3.05, 3.63) is 9.94 Å². The first-order valence-electron chi connectivity index (χ1n) is 1.66. The molecule has 0 atom stereocenters. The number of hydrogen-bond acceptors (Lipinski definition) is 1. The Kier molecular flexibility index (Phi) is 2.70. The van der Waals surface area contributed by atoms with Crippen LogP contribution in [0.3, 0.4) is 0 Å². The number of allylic oxidation sites excluding steroid dienone is 1. The fourth-order valence-corrected chi connectivity index (χ4v) is 0. The van der Waals surface area contributed by atoms with Crippen LogP contribution < -0.4 is 0 Å². The second-order valence-corrected chi connectivity index (χ2v) is 2.38. The van der Waals surface area contributed by atoms with E-state index >= 15 is 0 Å². The summed E-state index contributed by atoms with van der Waals surface area (Å²) in [5.41, 5.74) is 1.06. The zero-order valence-electron chi connectivity index (χ0n) is 3.83. The summed E-state index contributed by atoms with van der Waals surface area (Å²) in [5.74, 6) is 0. The van der Waals surface area contributed by atoms with Crippen LogP contribution in [-0.4, -0.2) is 0 Å². The van der Waals surface area contributed by atoms with E-state index in [1.54, 1.807) is 0 Å². The first kappa shape index (κ1) is 6.38. The van der Waals surface area contributed by atoms with Gasteiger partial charge in [-0.3, -0.25) is 0 Å². The van der Waals surface area contributed by atoms with Gasteiger partial charge in [0, 0.05) is 0 Å². The molecule has 0 amide bonds. The topological polar surface area (TPSA) is 0 Å². The Bertz CT molecular complexity index is 57.6. The highest BCUT2D eigenvalue weighted by molar-refractivity contribution is 7.86. The van der Waals surface area contributed by atoms with Crippen molar-refractivity contribution < 1.29 is 0 Å². The molecule has 0 rings (SSSR count). The van der Waals surface area contributed by atoms with Gasteiger partial charge >= 0.3 is 0 Å². The van der Waals surface area contributed by atoms with E-state index in [4.69, 9.17) is 11.6 Å². The van der Waals surface area contributed by atoms with E-state index in [1.807, 2.05) is 13.8 Å². The van der Waals surface area contributed by atoms with Gasteiger partial charge in [0.2, 0.25) is 0 Å². The Labute approximate surface area is 48.6 Å². The van der Waals surface area contributed by atoms with E-state index in [2.05, 4.69) is 12.6 Å². The molecule has 0 aromatic carbocycles. The number of rotatable bonds is 0. The van der Waals surface area contributed by atoms with Crippen LogP contribution in [0.4, 0.5) is 0 Å². The van der Waals surface area contributed by atoms with Crippen LogP contribution in [0.1, 0.15) is 13.8 Å². The van der Waals surface area contributed by atoms with Crippen molar-refractivity contribution in [2.24, 2.45) is 0 Å². The lowest BCUT2D eigenvalue weighted by Gasteiger charge is -1.83. The minimum Gasteiger partial charge on any atom is -0.131 e. The molecule has 0 aromatic heterocycles. The van der Waals surface area contributed by atoms with Crippen molar-refractivity contribution in [1.29, 1.82) is 0 Å². The summed E-state index contributed by atoms with van der Waals surface area (Å²) in [6.07, 6.45) is 0. The molecule has 0 aliphatic heterocycles. The highest BCUT2D eigenvalue weighted by Crippen LogP contribution is 2.10. The minimum absolute atomic E-state index is 0.593. The van der Waals surface area contributed by atoms with Gasteiger partial charge in [0.05, 0.1) is 4.36 Å². The lowest BCUT2D eigenvalue weighted by Crippen LogP contribution is -1.59. The SMILES string of the molecule is CC(C)=C(S)Cl. The van der Waals surface area contributed by atoms with Gasteiger partial charge in [0.15, 0.2) is 0 Å². The molecule has 0 heterocycles. The van der Waals surface area contributed by atoms with Gasteiger partial charge in [-0.2, -0.15) is 0 Å². The van der Waals surface area contributed by atoms with Crippen molar-refractivity contribution in [1.82, 2.24) is 0 Å². The summed E-state index contributed by atoms with van der Waals surface area (Å²) in [6, 6.07) is 0. The Morgan fingerprint density at radius 3 is 1.67 bits per heavy atom. The summed E-state index contributed by atoms with van der Waals surface area (Å²) in [6.45, 7) is 3.82. The third-order valence-corrected chi connectivity index (χ3v) is 1.24. The Morgan fingerprint density at radius 1 is 1.50 bits per heavy atom. The molecule has 36 valence electrons. The Hall–Kier alpha value is 0.380. The molecule has 0 aliphatic carbocycles. The van der Waals surface area contributed by atoms with Gasteiger partial charge in [-0.1, -0.05) is 17.2 Å². The van der Waals surface area contributed by atoms with E-state index in [0.29, 0.717) is 4.36 Å². The average Bonchev–Trinajstić information content (AvgIpc) is 1.36. The maximum absolute atomic E-state index is 5.36. The Balaban J connectivity index is 3.68. The number of halogens is 1. The van der Waals surface area contributed by atoms with Crippen molar-refractivity contribution in [2.75, 3.05) is 0 Å². The molecule has 0 unspecified atom stereocenters. The first-order chi connectivity index (χ1) is 2.64. The van der Waals surface area contributed by atoms with Crippen molar-refractivity contribution in [3.8, 4) is 0 Å². The van der Waals surface area contributed by atoms with Crippen LogP contribution in [0, 0.1) is 0 Å². The summed E-state index contributed by atoms with van der Waals surface area (Å²) < 4.78 is 0.593. The third-order valence-electron chi connectivity index (χ3n) is 0.413. The highest BCUT2D eigenvalue weighted by Gasteiger charge is 1.79. The molecule has 0 spiro atoms. The second kappa shape index (κ2) is 2.54. The quantitative estimate of drug-likeness (QED) is 0.469. The molecule has 0 saturated carbocycles. The molecule has 2 heteroatoms. The van der Waals surface area contributed by atoms with Crippen LogP contribution in [0.15, 0.2) is 9.94 Å². The second-order valence-electron chi connectivity index (χ2n) is 1.29. The van der Waals surface area contributed by atoms with Gasteiger partial charge in [-0.25, -0.2) is 0 Å². The van der Waals surface area contributed by atoms with Gasteiger partial charge in [-0.05, 0) is 13.8 Å². The van der Waals surface area contributed by atoms with Gasteiger partial charge in [-0.15, -0.1) is 12.6 Å². The predicted octanol–water partition coefficient (Wildman–Crippen LogP) is 2.41. The maximum Gasteiger partial charge on any atom is 0.0690 e. The van der Waals surface area contributed by atoms with Crippen LogP contribution in [0.2, 0.25) is 0 Å². The summed E-state index contributed by atoms with van der Waals surface area (Å²) in [7, 11) is 0. The standard InChI is InChI=1S/C4H7ClS/c1-3(2)4(5)6/h6H,1-2H3. The summed E-state index contributed by atoms with van der Waals surface area (Å²) in [4.78, 5) is 0. The number of thiol groups is 1. The fourth-order valence-electron chi connectivity index (χ4n) is 0. The molecule has 0 N–H and O–H groups in total. The molecule has 0 saturated heterocycles. The van der Waals surface area contributed by atoms with Crippen molar-refractivity contribution >= 4 is 24.2 Å². The zero-order chi connectivity index (χ0) is 5.15. The molecule has 0 nitrogen and oxygen atoms in total. The summed E-state index contributed by atoms with van der Waals surface area (Å²) in [5, 5.41) is 0. The van der Waals surface area contributed by atoms with E-state index < -0.39 is 0 Å². The molecular weight excluding hydrogens is 116 g/mol. The molecule has 0 fully saturated rings. The average molecular weight is 123 g/mol. The minimum atomic E-state index is 0.593. The van der Waals surface area contributed by atoms with Crippen molar-refractivity contribution in [3.63, 3.8) is 0 Å². The molecular formula is C4H7ClS. The van der Waals surface area contributed by atoms with Gasteiger partial charge in [0.25, 0.3) is 0 Å². The largest absolute Gasteiger partial charge is 0.131 e. The highest BCUT2D eigenvalue weighted by atomic mass is 35.5.